The minimum absolute atomic E-state index is 0.0764. The van der Waals surface area contributed by atoms with Crippen LogP contribution in [0.2, 0.25) is 0 Å². The van der Waals surface area contributed by atoms with Crippen molar-refractivity contribution in [3.05, 3.63) is 51.0 Å². The fourth-order valence-electron chi connectivity index (χ4n) is 2.93. The Bertz CT molecular complexity index is 1310. The molecule has 2 aromatic rings. The van der Waals surface area contributed by atoms with Crippen molar-refractivity contribution in [3.63, 3.8) is 0 Å². The van der Waals surface area contributed by atoms with E-state index in [0.717, 1.165) is 18.4 Å². The van der Waals surface area contributed by atoms with Gasteiger partial charge in [-0.15, -0.1) is 22.9 Å². The number of nitrogens with zero attached hydrogens (tertiary/aromatic N) is 3. The highest BCUT2D eigenvalue weighted by molar-refractivity contribution is 7.14. The Balaban J connectivity index is 1.67. The molecule has 3 amide bonds. The monoisotopic (exact) mass is 582 g/mol. The maximum absolute atomic E-state index is 12.9. The summed E-state index contributed by atoms with van der Waals surface area (Å²) in [4.78, 5) is 79.4. The number of amides is 3. The number of carbonyl (C=O) groups excluding carboxylic acids is 5. The molecule has 1 fully saturated rings. The number of hydrogen-bond donors (Lipinski definition) is 3. The number of ether oxygens (including phenoxy) is 2. The molecule has 0 spiro atoms. The third-order valence-corrected chi connectivity index (χ3v) is 5.87. The van der Waals surface area contributed by atoms with Gasteiger partial charge in [0.15, 0.2) is 16.9 Å². The fraction of sp³-hybridized carbons (Fsp3) is 0.286. The quantitative estimate of drug-likeness (QED) is 0.0746. The van der Waals surface area contributed by atoms with Crippen LogP contribution in [0.4, 0.5) is 10.8 Å². The van der Waals surface area contributed by atoms with Crippen LogP contribution in [-0.4, -0.2) is 77.0 Å². The summed E-state index contributed by atoms with van der Waals surface area (Å²) < 4.78 is 9.58. The number of carbonyl (C=O) groups is 5. The van der Waals surface area contributed by atoms with Gasteiger partial charge in [-0.25, -0.2) is 14.6 Å². The number of alkyl halides is 1. The predicted molar refractivity (Wildman–Crippen MR) is 133 cm³/mol. The summed E-state index contributed by atoms with van der Waals surface area (Å²) in [6.45, 7) is -0.947. The topological polar surface area (TPSA) is 218 Å². The van der Waals surface area contributed by atoms with E-state index in [1.54, 1.807) is 0 Å². The first kappa shape index (κ1) is 28.9. The third kappa shape index (κ3) is 7.68. The van der Waals surface area contributed by atoms with E-state index in [0.29, 0.717) is 5.56 Å². The Kier molecular flexibility index (Phi) is 9.82. The second-order valence-electron chi connectivity index (χ2n) is 7.48. The number of nitro benzene ring substituents is 1. The number of esters is 2. The predicted octanol–water partition coefficient (Wildman–Crippen LogP) is -0.151. The lowest BCUT2D eigenvalue weighted by atomic mass is 9.99. The number of anilines is 1. The van der Waals surface area contributed by atoms with Crippen LogP contribution in [0.1, 0.15) is 11.3 Å². The molecule has 39 heavy (non-hydrogen) atoms. The molecular formula is C21H19ClN6O10S. The minimum atomic E-state index is -1.27. The molecule has 0 aliphatic carbocycles. The Morgan fingerprint density at radius 3 is 2.59 bits per heavy atom. The zero-order valence-corrected chi connectivity index (χ0v) is 21.4. The van der Waals surface area contributed by atoms with E-state index < -0.39 is 59.0 Å². The molecule has 0 saturated carbocycles. The van der Waals surface area contributed by atoms with Crippen molar-refractivity contribution < 1.29 is 43.2 Å². The number of rotatable bonds is 12. The molecule has 3 rings (SSSR count). The van der Waals surface area contributed by atoms with Crippen LogP contribution in [-0.2, 0) is 44.9 Å². The van der Waals surface area contributed by atoms with Gasteiger partial charge in [0.1, 0.15) is 24.2 Å². The van der Waals surface area contributed by atoms with Crippen molar-refractivity contribution in [2.24, 2.45) is 5.16 Å². The van der Waals surface area contributed by atoms with Crippen LogP contribution in [0.5, 0.6) is 0 Å². The van der Waals surface area contributed by atoms with Gasteiger partial charge in [0.2, 0.25) is 18.4 Å². The highest BCUT2D eigenvalue weighted by Crippen LogP contribution is 2.18. The largest absolute Gasteiger partial charge is 0.467 e. The van der Waals surface area contributed by atoms with Crippen LogP contribution in [0.25, 0.3) is 0 Å². The average molecular weight is 583 g/mol. The average Bonchev–Trinajstić information content (AvgIpc) is 3.38. The Morgan fingerprint density at radius 2 is 1.97 bits per heavy atom. The Morgan fingerprint density at radius 1 is 1.26 bits per heavy atom. The Labute approximate surface area is 227 Å². The van der Waals surface area contributed by atoms with Crippen LogP contribution >= 0.6 is 22.9 Å². The van der Waals surface area contributed by atoms with E-state index in [9.17, 15) is 34.1 Å². The van der Waals surface area contributed by atoms with Gasteiger partial charge in [-0.1, -0.05) is 5.16 Å². The molecule has 1 aromatic heterocycles. The van der Waals surface area contributed by atoms with E-state index >= 15 is 0 Å². The molecular weight excluding hydrogens is 564 g/mol. The van der Waals surface area contributed by atoms with Gasteiger partial charge >= 0.3 is 11.9 Å². The number of nitrogens with one attached hydrogen (secondary N) is 3. The van der Waals surface area contributed by atoms with Gasteiger partial charge in [0.05, 0.1) is 12.0 Å². The van der Waals surface area contributed by atoms with Crippen molar-refractivity contribution in [2.45, 2.75) is 18.7 Å². The molecule has 1 aromatic carbocycles. The highest BCUT2D eigenvalue weighted by Gasteiger charge is 2.46. The number of thiazole rings is 1. The lowest BCUT2D eigenvalue weighted by Gasteiger charge is -2.34. The van der Waals surface area contributed by atoms with Gasteiger partial charge < -0.3 is 30.3 Å². The molecule has 0 bridgehead atoms. The molecule has 18 heteroatoms. The fourth-order valence-corrected chi connectivity index (χ4v) is 3.71. The standard InChI is InChI=1S/C21H19ClN6O10S/c1-36-20(33)17-16(19(32)26-17)25-18(31)15(12-9-39-21(23-12)24-13(29)6-22)27-38-8-14(30)37-7-10-2-4-11(5-3-10)28(34)35/h2-5,9,16-17H,6-8H2,1H3,(H,25,31)(H,26,32)(H,23,24,29)/b27-15-/t16-,17-/m1/s1. The van der Waals surface area contributed by atoms with E-state index in [-0.39, 0.29) is 29.0 Å². The third-order valence-electron chi connectivity index (χ3n) is 4.87. The second kappa shape index (κ2) is 13.2. The summed E-state index contributed by atoms with van der Waals surface area (Å²) in [6, 6.07) is 2.93. The van der Waals surface area contributed by atoms with E-state index in [1.165, 1.54) is 29.6 Å². The molecule has 16 nitrogen and oxygen atoms in total. The number of hydrogen-bond acceptors (Lipinski definition) is 13. The lowest BCUT2D eigenvalue weighted by molar-refractivity contribution is -0.384. The maximum atomic E-state index is 12.9. The number of β-lactam (4-membered cyclic amide) rings is 1. The normalized spacial score (nSPS) is 16.3. The van der Waals surface area contributed by atoms with Gasteiger partial charge in [0, 0.05) is 17.5 Å². The number of non-ortho nitro benzene ring substituents is 1. The summed E-state index contributed by atoms with van der Waals surface area (Å²) in [5.74, 6) is -4.20. The van der Waals surface area contributed by atoms with E-state index in [2.05, 4.69) is 30.8 Å². The number of nitro groups is 1. The molecule has 1 saturated heterocycles. The first-order valence-electron chi connectivity index (χ1n) is 10.7. The zero-order valence-electron chi connectivity index (χ0n) is 19.9. The summed E-state index contributed by atoms with van der Waals surface area (Å²) in [5, 5.41) is 22.8. The smallest absolute Gasteiger partial charge is 0.347 e. The van der Waals surface area contributed by atoms with Crippen LogP contribution < -0.4 is 16.0 Å². The summed E-state index contributed by atoms with van der Waals surface area (Å²) >= 11 is 6.39. The van der Waals surface area contributed by atoms with Crippen LogP contribution in [0, 0.1) is 10.1 Å². The van der Waals surface area contributed by atoms with Crippen molar-refractivity contribution in [3.8, 4) is 0 Å². The highest BCUT2D eigenvalue weighted by atomic mass is 35.5. The Hall–Kier alpha value is -4.64. The molecule has 0 unspecified atom stereocenters. The summed E-state index contributed by atoms with van der Waals surface area (Å²) in [6.07, 6.45) is 0. The van der Waals surface area contributed by atoms with E-state index in [4.69, 9.17) is 21.2 Å². The molecule has 206 valence electrons. The van der Waals surface area contributed by atoms with Gasteiger partial charge in [-0.2, -0.15) is 0 Å². The summed E-state index contributed by atoms with van der Waals surface area (Å²) in [7, 11) is 1.11. The van der Waals surface area contributed by atoms with Gasteiger partial charge in [0.25, 0.3) is 11.6 Å². The summed E-state index contributed by atoms with van der Waals surface area (Å²) in [5.41, 5.74) is -0.219. The number of halogens is 1. The van der Waals surface area contributed by atoms with Gasteiger partial charge in [-0.05, 0) is 17.7 Å². The number of aromatic nitrogens is 1. The minimum Gasteiger partial charge on any atom is -0.467 e. The van der Waals surface area contributed by atoms with Crippen molar-refractivity contribution in [1.29, 1.82) is 0 Å². The lowest BCUT2D eigenvalue weighted by Crippen LogP contribution is -2.72. The SMILES string of the molecule is COC(=O)[C@@H]1NC(=O)[C@@H]1NC(=O)/C(=N\OCC(=O)OCc1ccc([N+](=O)[O-])cc1)c1csc(NC(=O)CCl)n1. The number of methoxy groups -OCH3 is 1. The first-order valence-corrected chi connectivity index (χ1v) is 12.1. The molecule has 2 heterocycles. The van der Waals surface area contributed by atoms with Gasteiger partial charge in [-0.3, -0.25) is 24.5 Å². The maximum Gasteiger partial charge on any atom is 0.347 e. The van der Waals surface area contributed by atoms with Crippen molar-refractivity contribution >= 4 is 69.1 Å². The van der Waals surface area contributed by atoms with E-state index in [1.807, 2.05) is 0 Å². The molecule has 1 aliphatic rings. The van der Waals surface area contributed by atoms with Crippen LogP contribution in [0.3, 0.4) is 0 Å². The molecule has 0 radical (unpaired) electrons. The first-order chi connectivity index (χ1) is 18.6. The van der Waals surface area contributed by atoms with Crippen LogP contribution in [0.15, 0.2) is 34.8 Å². The number of oxime groups is 1. The molecule has 3 N–H and O–H groups in total. The second-order valence-corrected chi connectivity index (χ2v) is 8.60. The number of benzene rings is 1. The molecule has 2 atom stereocenters. The van der Waals surface area contributed by atoms with Crippen molar-refractivity contribution in [2.75, 3.05) is 24.9 Å². The van der Waals surface area contributed by atoms with Crippen molar-refractivity contribution in [1.82, 2.24) is 15.6 Å². The zero-order chi connectivity index (χ0) is 28.5. The molecule has 1 aliphatic heterocycles.